The molecular formula is C20H18ClN3O. The predicted molar refractivity (Wildman–Crippen MR) is 99.4 cm³/mol. The summed E-state index contributed by atoms with van der Waals surface area (Å²) in [6.45, 7) is 3.87. The van der Waals surface area contributed by atoms with E-state index >= 15 is 0 Å². The molecule has 126 valence electrons. The van der Waals surface area contributed by atoms with Gasteiger partial charge in [0.1, 0.15) is 0 Å². The van der Waals surface area contributed by atoms with Gasteiger partial charge in [-0.25, -0.2) is 0 Å². The second-order valence-corrected chi connectivity index (χ2v) is 6.78. The summed E-state index contributed by atoms with van der Waals surface area (Å²) in [5, 5.41) is 0.547. The van der Waals surface area contributed by atoms with Crippen molar-refractivity contribution in [1.82, 2.24) is 9.88 Å². The Morgan fingerprint density at radius 2 is 2.12 bits per heavy atom. The summed E-state index contributed by atoms with van der Waals surface area (Å²) in [6, 6.07) is 9.55. The minimum atomic E-state index is -0.00456. The molecular weight excluding hydrogens is 334 g/mol. The molecule has 4 nitrogen and oxygen atoms in total. The van der Waals surface area contributed by atoms with Gasteiger partial charge in [-0.3, -0.25) is 14.8 Å². The van der Waals surface area contributed by atoms with Crippen molar-refractivity contribution in [2.24, 2.45) is 4.99 Å². The Morgan fingerprint density at radius 3 is 2.92 bits per heavy atom. The van der Waals surface area contributed by atoms with Crippen LogP contribution >= 0.6 is 11.6 Å². The summed E-state index contributed by atoms with van der Waals surface area (Å²) < 4.78 is 0. The van der Waals surface area contributed by atoms with Crippen LogP contribution in [-0.4, -0.2) is 41.1 Å². The van der Waals surface area contributed by atoms with Gasteiger partial charge in [0.15, 0.2) is 0 Å². The van der Waals surface area contributed by atoms with Crippen LogP contribution in [0.15, 0.2) is 58.9 Å². The first-order chi connectivity index (χ1) is 12.1. The van der Waals surface area contributed by atoms with Gasteiger partial charge >= 0.3 is 0 Å². The molecule has 1 amide bonds. The van der Waals surface area contributed by atoms with E-state index in [1.54, 1.807) is 12.3 Å². The van der Waals surface area contributed by atoms with E-state index in [9.17, 15) is 4.79 Å². The first kappa shape index (κ1) is 16.0. The molecule has 2 aliphatic heterocycles. The molecule has 2 aliphatic rings. The van der Waals surface area contributed by atoms with Crippen LogP contribution < -0.4 is 0 Å². The lowest BCUT2D eigenvalue weighted by molar-refractivity contribution is 0.0765. The average Bonchev–Trinajstić information content (AvgIpc) is 3.07. The third kappa shape index (κ3) is 2.87. The fourth-order valence-corrected chi connectivity index (χ4v) is 3.66. The third-order valence-electron chi connectivity index (χ3n) is 4.80. The molecule has 0 fully saturated rings. The van der Waals surface area contributed by atoms with Crippen LogP contribution in [0.4, 0.5) is 0 Å². The van der Waals surface area contributed by atoms with E-state index in [1.807, 2.05) is 42.3 Å². The number of rotatable bonds is 2. The van der Waals surface area contributed by atoms with Crippen molar-refractivity contribution in [3.05, 3.63) is 75.6 Å². The number of hydrogen-bond donors (Lipinski definition) is 0. The van der Waals surface area contributed by atoms with Gasteiger partial charge in [-0.05, 0) is 48.3 Å². The van der Waals surface area contributed by atoms with Gasteiger partial charge in [0, 0.05) is 31.0 Å². The maximum Gasteiger partial charge on any atom is 0.255 e. The standard InChI is InChI=1S/C20H18ClN3O/c1-13-4-2-6-17(18(13)21)20(25)24-9-7-16-15(12-24)11-23-19(16)14-5-3-8-22-10-14/h2-6,8,10H,7,9,11-12H2,1H3. The number of halogens is 1. The molecule has 3 heterocycles. The van der Waals surface area contributed by atoms with E-state index in [2.05, 4.69) is 9.98 Å². The lowest BCUT2D eigenvalue weighted by atomic mass is 9.94. The first-order valence-electron chi connectivity index (χ1n) is 8.35. The summed E-state index contributed by atoms with van der Waals surface area (Å²) in [7, 11) is 0. The van der Waals surface area contributed by atoms with Crippen LogP contribution in [0.3, 0.4) is 0 Å². The van der Waals surface area contributed by atoms with E-state index in [-0.39, 0.29) is 5.91 Å². The molecule has 5 heteroatoms. The number of amides is 1. The highest BCUT2D eigenvalue weighted by Crippen LogP contribution is 2.29. The normalized spacial score (nSPS) is 16.7. The molecule has 0 spiro atoms. The van der Waals surface area contributed by atoms with Gasteiger partial charge < -0.3 is 4.90 Å². The molecule has 2 aromatic rings. The monoisotopic (exact) mass is 351 g/mol. The summed E-state index contributed by atoms with van der Waals surface area (Å²) >= 11 is 6.33. The van der Waals surface area contributed by atoms with E-state index in [0.29, 0.717) is 30.2 Å². The van der Waals surface area contributed by atoms with Crippen molar-refractivity contribution < 1.29 is 4.79 Å². The lowest BCUT2D eigenvalue weighted by Gasteiger charge is -2.29. The quantitative estimate of drug-likeness (QED) is 0.828. The Balaban J connectivity index is 1.57. The fourth-order valence-electron chi connectivity index (χ4n) is 3.45. The van der Waals surface area contributed by atoms with Crippen molar-refractivity contribution in [2.45, 2.75) is 13.3 Å². The second kappa shape index (κ2) is 6.45. The Hall–Kier alpha value is -2.46. The van der Waals surface area contributed by atoms with Gasteiger partial charge in [0.05, 0.1) is 22.8 Å². The molecule has 4 rings (SSSR count). The Labute approximate surface area is 151 Å². The smallest absolute Gasteiger partial charge is 0.255 e. The van der Waals surface area contributed by atoms with E-state index < -0.39 is 0 Å². The SMILES string of the molecule is Cc1cccc(C(=O)N2CCC3=C(CN=C3c3cccnc3)C2)c1Cl. The number of aromatic nitrogens is 1. The van der Waals surface area contributed by atoms with Crippen molar-refractivity contribution in [3.63, 3.8) is 0 Å². The number of carbonyl (C=O) groups excluding carboxylic acids is 1. The van der Waals surface area contributed by atoms with Crippen LogP contribution in [0, 0.1) is 6.92 Å². The zero-order valence-electron chi connectivity index (χ0n) is 14.0. The summed E-state index contributed by atoms with van der Waals surface area (Å²) in [5.41, 5.74) is 6.08. The lowest BCUT2D eigenvalue weighted by Crippen LogP contribution is -2.37. The number of nitrogens with zero attached hydrogens (tertiary/aromatic N) is 3. The third-order valence-corrected chi connectivity index (χ3v) is 5.30. The van der Waals surface area contributed by atoms with Crippen LogP contribution in [0.1, 0.15) is 27.9 Å². The fraction of sp³-hybridized carbons (Fsp3) is 0.250. The molecule has 0 N–H and O–H groups in total. The summed E-state index contributed by atoms with van der Waals surface area (Å²) in [4.78, 5) is 23.6. The number of carbonyl (C=O) groups is 1. The first-order valence-corrected chi connectivity index (χ1v) is 8.73. The number of hydrogen-bond acceptors (Lipinski definition) is 3. The highest BCUT2D eigenvalue weighted by molar-refractivity contribution is 6.34. The maximum atomic E-state index is 12.9. The van der Waals surface area contributed by atoms with Crippen LogP contribution in [0.2, 0.25) is 5.02 Å². The van der Waals surface area contributed by atoms with Crippen LogP contribution in [-0.2, 0) is 0 Å². The minimum absolute atomic E-state index is 0.00456. The Bertz CT molecular complexity index is 902. The molecule has 1 aromatic carbocycles. The topological polar surface area (TPSA) is 45.6 Å². The van der Waals surface area contributed by atoms with E-state index in [1.165, 1.54) is 11.1 Å². The number of benzene rings is 1. The average molecular weight is 352 g/mol. The van der Waals surface area contributed by atoms with Gasteiger partial charge in [0.25, 0.3) is 5.91 Å². The molecule has 0 radical (unpaired) electrons. The number of aryl methyl sites for hydroxylation is 1. The second-order valence-electron chi connectivity index (χ2n) is 6.40. The number of aliphatic imine (C=N–C) groups is 1. The van der Waals surface area contributed by atoms with Crippen molar-refractivity contribution in [2.75, 3.05) is 19.6 Å². The zero-order chi connectivity index (χ0) is 17.4. The molecule has 0 bridgehead atoms. The van der Waals surface area contributed by atoms with E-state index in [4.69, 9.17) is 11.6 Å². The zero-order valence-corrected chi connectivity index (χ0v) is 14.8. The molecule has 25 heavy (non-hydrogen) atoms. The molecule has 1 aromatic heterocycles. The highest BCUT2D eigenvalue weighted by Gasteiger charge is 2.30. The number of pyridine rings is 1. The van der Waals surface area contributed by atoms with Gasteiger partial charge in [-0.2, -0.15) is 0 Å². The largest absolute Gasteiger partial charge is 0.334 e. The Morgan fingerprint density at radius 1 is 1.24 bits per heavy atom. The predicted octanol–water partition coefficient (Wildman–Crippen LogP) is 3.69. The molecule has 0 aliphatic carbocycles. The van der Waals surface area contributed by atoms with Crippen molar-refractivity contribution >= 4 is 23.2 Å². The maximum absolute atomic E-state index is 12.9. The highest BCUT2D eigenvalue weighted by atomic mass is 35.5. The molecule has 0 unspecified atom stereocenters. The van der Waals surface area contributed by atoms with Crippen molar-refractivity contribution in [3.8, 4) is 0 Å². The van der Waals surface area contributed by atoms with Crippen molar-refractivity contribution in [1.29, 1.82) is 0 Å². The van der Waals surface area contributed by atoms with Gasteiger partial charge in [0.2, 0.25) is 0 Å². The summed E-state index contributed by atoms with van der Waals surface area (Å²) in [6.07, 6.45) is 4.43. The van der Waals surface area contributed by atoms with Crippen LogP contribution in [0.25, 0.3) is 0 Å². The van der Waals surface area contributed by atoms with E-state index in [0.717, 1.165) is 23.3 Å². The minimum Gasteiger partial charge on any atom is -0.334 e. The molecule has 0 saturated heterocycles. The summed E-state index contributed by atoms with van der Waals surface area (Å²) in [5.74, 6) is -0.00456. The van der Waals surface area contributed by atoms with Gasteiger partial charge in [-0.1, -0.05) is 23.7 Å². The van der Waals surface area contributed by atoms with Crippen LogP contribution in [0.5, 0.6) is 0 Å². The Kier molecular flexibility index (Phi) is 4.14. The molecule has 0 atom stereocenters. The van der Waals surface area contributed by atoms with Gasteiger partial charge in [-0.15, -0.1) is 0 Å². The molecule has 0 saturated carbocycles.